The number of amides is 1. The number of halogens is 1. The number of nitrogens with zero attached hydrogens (tertiary/aromatic N) is 3. The number of hydrogen-bond donors (Lipinski definition) is 0. The van der Waals surface area contributed by atoms with E-state index in [9.17, 15) is 15.3 Å². The Morgan fingerprint density at radius 3 is 2.25 bits per heavy atom. The quantitative estimate of drug-likeness (QED) is 0.700. The number of hydrogen-bond acceptors (Lipinski definition) is 4. The zero-order chi connectivity index (χ0) is 18.1. The van der Waals surface area contributed by atoms with Crippen molar-refractivity contribution in [2.24, 2.45) is 5.41 Å². The van der Waals surface area contributed by atoms with Gasteiger partial charge in [0.25, 0.3) is 0 Å². The van der Waals surface area contributed by atoms with E-state index in [0.717, 1.165) is 4.47 Å². The molecular formula is C18H18BrN3O2. The second kappa shape index (κ2) is 6.30. The fourth-order valence-corrected chi connectivity index (χ4v) is 2.98. The third kappa shape index (κ3) is 3.29. The van der Waals surface area contributed by atoms with Crippen molar-refractivity contribution in [2.75, 3.05) is 0 Å². The molecule has 0 fully saturated rings. The first kappa shape index (κ1) is 18.0. The van der Waals surface area contributed by atoms with E-state index in [-0.39, 0.29) is 0 Å². The second-order valence-electron chi connectivity index (χ2n) is 6.68. The summed E-state index contributed by atoms with van der Waals surface area (Å²) in [5, 5.41) is 19.3. The van der Waals surface area contributed by atoms with Crippen LogP contribution < -0.4 is 0 Å². The first-order chi connectivity index (χ1) is 11.1. The summed E-state index contributed by atoms with van der Waals surface area (Å²) in [6, 6.07) is 10.6. The van der Waals surface area contributed by atoms with Crippen molar-refractivity contribution in [3.63, 3.8) is 0 Å². The molecule has 24 heavy (non-hydrogen) atoms. The molecule has 5 nitrogen and oxygen atoms in total. The Balaban J connectivity index is 2.54. The molecule has 0 aliphatic carbocycles. The molecule has 1 aliphatic heterocycles. The maximum absolute atomic E-state index is 12.7. The van der Waals surface area contributed by atoms with Gasteiger partial charge in [0.05, 0.1) is 12.1 Å². The van der Waals surface area contributed by atoms with Crippen LogP contribution in [0.15, 0.2) is 40.5 Å². The van der Waals surface area contributed by atoms with Crippen LogP contribution in [0.4, 0.5) is 4.79 Å². The first-order valence-corrected chi connectivity index (χ1v) is 8.22. The van der Waals surface area contributed by atoms with Crippen LogP contribution in [0.5, 0.6) is 0 Å². The van der Waals surface area contributed by atoms with E-state index in [4.69, 9.17) is 4.74 Å². The molecule has 0 saturated carbocycles. The van der Waals surface area contributed by atoms with E-state index in [2.05, 4.69) is 28.1 Å². The third-order valence-electron chi connectivity index (χ3n) is 3.65. The van der Waals surface area contributed by atoms with Crippen molar-refractivity contribution in [2.45, 2.75) is 39.3 Å². The van der Waals surface area contributed by atoms with Gasteiger partial charge in [0, 0.05) is 10.2 Å². The monoisotopic (exact) mass is 387 g/mol. The molecule has 1 aliphatic rings. The summed E-state index contributed by atoms with van der Waals surface area (Å²) in [6.45, 7) is 7.02. The lowest BCUT2D eigenvalue weighted by atomic mass is 9.81. The van der Waals surface area contributed by atoms with Gasteiger partial charge in [-0.2, -0.15) is 10.5 Å². The Kier molecular flexibility index (Phi) is 4.73. The average molecular weight is 388 g/mol. The number of ether oxygens (including phenoxy) is 1. The maximum atomic E-state index is 12.7. The topological polar surface area (TPSA) is 77.1 Å². The third-order valence-corrected chi connectivity index (χ3v) is 4.18. The lowest BCUT2D eigenvalue weighted by Gasteiger charge is -2.33. The van der Waals surface area contributed by atoms with E-state index < -0.39 is 23.2 Å². The van der Waals surface area contributed by atoms with E-state index >= 15 is 0 Å². The summed E-state index contributed by atoms with van der Waals surface area (Å²) in [7, 11) is 0. The van der Waals surface area contributed by atoms with Crippen LogP contribution in [0.3, 0.4) is 0 Å². The Bertz CT molecular complexity index is 749. The van der Waals surface area contributed by atoms with Gasteiger partial charge in [0.2, 0.25) is 0 Å². The molecule has 6 heteroatoms. The van der Waals surface area contributed by atoms with Gasteiger partial charge in [0.15, 0.2) is 5.41 Å². The molecule has 1 aromatic carbocycles. The van der Waals surface area contributed by atoms with Crippen molar-refractivity contribution in [1.29, 1.82) is 10.5 Å². The van der Waals surface area contributed by atoms with Crippen molar-refractivity contribution >= 4 is 22.0 Å². The van der Waals surface area contributed by atoms with Gasteiger partial charge in [0.1, 0.15) is 11.6 Å². The number of nitriles is 2. The molecular weight excluding hydrogens is 370 g/mol. The van der Waals surface area contributed by atoms with Crippen molar-refractivity contribution < 1.29 is 9.53 Å². The lowest BCUT2D eigenvalue weighted by molar-refractivity contribution is 0.0232. The highest BCUT2D eigenvalue weighted by Gasteiger charge is 2.51. The minimum atomic E-state index is -1.45. The van der Waals surface area contributed by atoms with Gasteiger partial charge in [-0.25, -0.2) is 4.79 Å². The molecule has 0 unspecified atom stereocenters. The average Bonchev–Trinajstić information content (AvgIpc) is 2.79. The largest absolute Gasteiger partial charge is 0.443 e. The summed E-state index contributed by atoms with van der Waals surface area (Å²) in [5.41, 5.74) is -0.901. The Labute approximate surface area is 150 Å². The SMILES string of the molecule is CC1=CC(C#N)(C#N)[C@H](c2ccc(Br)cc2)N1C(=O)OC(C)(C)C. The molecule has 0 spiro atoms. The molecule has 1 amide bonds. The van der Waals surface area contributed by atoms with Crippen LogP contribution in [-0.4, -0.2) is 16.6 Å². The molecule has 1 heterocycles. The van der Waals surface area contributed by atoms with Crippen molar-refractivity contribution in [3.8, 4) is 12.1 Å². The van der Waals surface area contributed by atoms with Crippen LogP contribution in [0, 0.1) is 28.1 Å². The van der Waals surface area contributed by atoms with Gasteiger partial charge in [-0.3, -0.25) is 4.90 Å². The second-order valence-corrected chi connectivity index (χ2v) is 7.60. The molecule has 1 aromatic rings. The standard InChI is InChI=1S/C18H18BrN3O2/c1-12-9-18(10-20,11-21)15(13-5-7-14(19)8-6-13)22(12)16(23)24-17(2,3)4/h5-9,15H,1-4H3/t15-/m0/s1. The Morgan fingerprint density at radius 1 is 1.25 bits per heavy atom. The highest BCUT2D eigenvalue weighted by Crippen LogP contribution is 2.48. The van der Waals surface area contributed by atoms with Gasteiger partial charge in [-0.05, 0) is 51.5 Å². The molecule has 124 valence electrons. The minimum absolute atomic E-state index is 0.528. The molecule has 0 radical (unpaired) electrons. The minimum Gasteiger partial charge on any atom is -0.443 e. The first-order valence-electron chi connectivity index (χ1n) is 7.43. The number of rotatable bonds is 1. The fourth-order valence-electron chi connectivity index (χ4n) is 2.71. The van der Waals surface area contributed by atoms with Gasteiger partial charge in [-0.15, -0.1) is 0 Å². The van der Waals surface area contributed by atoms with E-state index in [0.29, 0.717) is 11.3 Å². The molecule has 1 atom stereocenters. The Hall–Kier alpha value is -2.31. The van der Waals surface area contributed by atoms with Gasteiger partial charge < -0.3 is 4.74 Å². The van der Waals surface area contributed by atoms with Crippen LogP contribution in [0.2, 0.25) is 0 Å². The van der Waals surface area contributed by atoms with E-state index in [1.165, 1.54) is 11.0 Å². The predicted molar refractivity (Wildman–Crippen MR) is 92.4 cm³/mol. The van der Waals surface area contributed by atoms with Crippen LogP contribution in [0.1, 0.15) is 39.3 Å². The number of carbonyl (C=O) groups is 1. The molecule has 0 aromatic heterocycles. The smallest absolute Gasteiger partial charge is 0.415 e. The van der Waals surface area contributed by atoms with Crippen LogP contribution in [0.25, 0.3) is 0 Å². The zero-order valence-electron chi connectivity index (χ0n) is 14.0. The summed E-state index contributed by atoms with van der Waals surface area (Å²) in [5.74, 6) is 0. The van der Waals surface area contributed by atoms with E-state index in [1.54, 1.807) is 39.8 Å². The van der Waals surface area contributed by atoms with Crippen molar-refractivity contribution in [3.05, 3.63) is 46.1 Å². The van der Waals surface area contributed by atoms with Crippen molar-refractivity contribution in [1.82, 2.24) is 4.90 Å². The fraction of sp³-hybridized carbons (Fsp3) is 0.389. The number of carbonyl (C=O) groups excluding carboxylic acids is 1. The normalized spacial score (nSPS) is 19.2. The highest BCUT2D eigenvalue weighted by molar-refractivity contribution is 9.10. The summed E-state index contributed by atoms with van der Waals surface area (Å²) >= 11 is 3.36. The molecule has 0 N–H and O–H groups in total. The summed E-state index contributed by atoms with van der Waals surface area (Å²) in [4.78, 5) is 14.1. The van der Waals surface area contributed by atoms with Crippen LogP contribution >= 0.6 is 15.9 Å². The molecule has 0 saturated heterocycles. The highest BCUT2D eigenvalue weighted by atomic mass is 79.9. The lowest BCUT2D eigenvalue weighted by Crippen LogP contribution is -2.39. The molecule has 0 bridgehead atoms. The summed E-state index contributed by atoms with van der Waals surface area (Å²) in [6.07, 6.45) is 0.959. The van der Waals surface area contributed by atoms with Gasteiger partial charge >= 0.3 is 6.09 Å². The number of benzene rings is 1. The zero-order valence-corrected chi connectivity index (χ0v) is 15.6. The maximum Gasteiger partial charge on any atom is 0.415 e. The number of allylic oxidation sites excluding steroid dienone is 1. The Morgan fingerprint density at radius 2 is 1.79 bits per heavy atom. The van der Waals surface area contributed by atoms with Gasteiger partial charge in [-0.1, -0.05) is 28.1 Å². The van der Waals surface area contributed by atoms with E-state index in [1.807, 2.05) is 12.1 Å². The van der Waals surface area contributed by atoms with Crippen LogP contribution in [-0.2, 0) is 4.74 Å². The summed E-state index contributed by atoms with van der Waals surface area (Å²) < 4.78 is 6.34. The molecule has 2 rings (SSSR count). The predicted octanol–water partition coefficient (Wildman–Crippen LogP) is 4.68.